The Morgan fingerprint density at radius 3 is 2.92 bits per heavy atom. The van der Waals surface area contributed by atoms with Gasteiger partial charge in [-0.3, -0.25) is 9.89 Å². The Morgan fingerprint density at radius 2 is 2.20 bits per heavy atom. The summed E-state index contributed by atoms with van der Waals surface area (Å²) in [5.41, 5.74) is 4.54. The Kier molecular flexibility index (Phi) is 5.02. The van der Waals surface area contributed by atoms with Crippen molar-refractivity contribution >= 4 is 34.7 Å². The van der Waals surface area contributed by atoms with Crippen LogP contribution in [0.5, 0.6) is 0 Å². The number of carbonyl (C=O) groups excluding carboxylic acids is 1. The predicted octanol–water partition coefficient (Wildman–Crippen LogP) is 5.07. The molecule has 0 saturated carbocycles. The summed E-state index contributed by atoms with van der Waals surface area (Å²) in [6.45, 7) is 8.33. The monoisotopic (exact) mass is 375 g/mol. The van der Waals surface area contributed by atoms with Crippen LogP contribution in [0.2, 0.25) is 10.0 Å². The average Bonchev–Trinajstić information content (AvgIpc) is 3.02. The number of rotatable bonds is 3. The number of fused-ring (bicyclic) bond motifs is 1. The molecule has 1 aliphatic rings. The second kappa shape index (κ2) is 7.06. The fraction of sp³-hybridized carbons (Fsp3) is 0.263. The number of aromatic nitrogens is 2. The average molecular weight is 376 g/mol. The zero-order valence-corrected chi connectivity index (χ0v) is 15.7. The van der Waals surface area contributed by atoms with E-state index in [1.165, 1.54) is 0 Å². The van der Waals surface area contributed by atoms with E-state index in [-0.39, 0.29) is 11.9 Å². The highest BCUT2D eigenvalue weighted by Crippen LogP contribution is 2.34. The van der Waals surface area contributed by atoms with E-state index >= 15 is 0 Å². The molecule has 1 amide bonds. The number of benzene rings is 1. The summed E-state index contributed by atoms with van der Waals surface area (Å²) < 4.78 is 0. The Labute approximate surface area is 157 Å². The normalized spacial score (nSPS) is 17.4. The van der Waals surface area contributed by atoms with Crippen molar-refractivity contribution in [2.45, 2.75) is 26.3 Å². The van der Waals surface area contributed by atoms with Crippen LogP contribution in [-0.4, -0.2) is 27.5 Å². The molecule has 1 unspecified atom stereocenters. The minimum Gasteiger partial charge on any atom is -0.330 e. The molecule has 0 spiro atoms. The second-order valence-corrected chi connectivity index (χ2v) is 6.86. The first-order valence-corrected chi connectivity index (χ1v) is 8.83. The lowest BCUT2D eigenvalue weighted by Crippen LogP contribution is -2.39. The molecule has 2 aromatic rings. The molecule has 3 rings (SSSR count). The smallest absolute Gasteiger partial charge is 0.255 e. The van der Waals surface area contributed by atoms with Gasteiger partial charge in [0.05, 0.1) is 33.0 Å². The topological polar surface area (TPSA) is 49.0 Å². The molecule has 1 N–H and O–H groups in total. The number of nitrogens with zero attached hydrogens (tertiary/aromatic N) is 2. The van der Waals surface area contributed by atoms with Crippen molar-refractivity contribution in [3.63, 3.8) is 0 Å². The zero-order valence-electron chi connectivity index (χ0n) is 14.1. The van der Waals surface area contributed by atoms with E-state index in [2.05, 4.69) is 16.8 Å². The number of allylic oxidation sites excluding steroid dienone is 3. The Bertz CT molecular complexity index is 870. The lowest BCUT2D eigenvalue weighted by Gasteiger charge is -2.33. The molecule has 130 valence electrons. The van der Waals surface area contributed by atoms with Gasteiger partial charge in [-0.05, 0) is 38.0 Å². The van der Waals surface area contributed by atoms with Crippen LogP contribution in [0, 0.1) is 0 Å². The number of hydrogen-bond donors (Lipinski definition) is 1. The number of nitrogens with one attached hydrogen (secondary N) is 1. The van der Waals surface area contributed by atoms with Gasteiger partial charge in [0.2, 0.25) is 0 Å². The van der Waals surface area contributed by atoms with Gasteiger partial charge in [-0.2, -0.15) is 5.10 Å². The minimum atomic E-state index is -0.125. The number of aromatic amines is 1. The molecule has 1 aromatic carbocycles. The highest BCUT2D eigenvalue weighted by molar-refractivity contribution is 6.43. The Balaban J connectivity index is 1.93. The summed E-state index contributed by atoms with van der Waals surface area (Å²) in [7, 11) is 0. The first-order valence-electron chi connectivity index (χ1n) is 8.07. The summed E-state index contributed by atoms with van der Waals surface area (Å²) in [6.07, 6.45) is 4.42. The number of carbonyl (C=O) groups is 1. The molecular formula is C19H19Cl2N3O. The Morgan fingerprint density at radius 1 is 1.44 bits per heavy atom. The number of hydrogen-bond acceptors (Lipinski definition) is 2. The van der Waals surface area contributed by atoms with Gasteiger partial charge in [0.1, 0.15) is 0 Å². The van der Waals surface area contributed by atoms with Gasteiger partial charge >= 0.3 is 0 Å². The third-order valence-electron chi connectivity index (χ3n) is 4.57. The summed E-state index contributed by atoms with van der Waals surface area (Å²) in [6, 6.07) is 4.99. The molecular weight excluding hydrogens is 357 g/mol. The van der Waals surface area contributed by atoms with Crippen molar-refractivity contribution in [3.8, 4) is 0 Å². The standard InChI is InChI=1S/C19H19Cl2N3O/c1-4-6-11(2)17-14-9-10-24(12(3)18(14)23-22-17)19(25)13-7-5-8-15(20)16(13)21/h4-8,12H,1,9-10H2,2-3H3,(H,22,23)/b11-6+. The van der Waals surface area contributed by atoms with Gasteiger partial charge in [-0.15, -0.1) is 0 Å². The van der Waals surface area contributed by atoms with E-state index < -0.39 is 0 Å². The van der Waals surface area contributed by atoms with Crippen LogP contribution in [0.15, 0.2) is 36.9 Å². The van der Waals surface area contributed by atoms with Crippen molar-refractivity contribution < 1.29 is 4.79 Å². The maximum atomic E-state index is 13.0. The van der Waals surface area contributed by atoms with Crippen molar-refractivity contribution in [1.29, 1.82) is 0 Å². The molecule has 0 saturated heterocycles. The third kappa shape index (κ3) is 3.12. The molecule has 1 aromatic heterocycles. The summed E-state index contributed by atoms with van der Waals surface area (Å²) in [5, 5.41) is 8.21. The van der Waals surface area contributed by atoms with Crippen LogP contribution in [0.4, 0.5) is 0 Å². The van der Waals surface area contributed by atoms with Gasteiger partial charge in [0.15, 0.2) is 0 Å². The van der Waals surface area contributed by atoms with Crippen molar-refractivity contribution in [2.24, 2.45) is 0 Å². The fourth-order valence-corrected chi connectivity index (χ4v) is 3.62. The van der Waals surface area contributed by atoms with Gasteiger partial charge < -0.3 is 4.90 Å². The first kappa shape index (κ1) is 17.8. The van der Waals surface area contributed by atoms with Gasteiger partial charge in [-0.1, -0.05) is 48.0 Å². The maximum absolute atomic E-state index is 13.0. The maximum Gasteiger partial charge on any atom is 0.255 e. The lowest BCUT2D eigenvalue weighted by atomic mass is 9.95. The largest absolute Gasteiger partial charge is 0.330 e. The lowest BCUT2D eigenvalue weighted by molar-refractivity contribution is 0.0674. The predicted molar refractivity (Wildman–Crippen MR) is 102 cm³/mol. The van der Waals surface area contributed by atoms with Crippen LogP contribution < -0.4 is 0 Å². The van der Waals surface area contributed by atoms with Crippen LogP contribution in [-0.2, 0) is 6.42 Å². The number of halogens is 2. The SMILES string of the molecule is C=C/C=C(\C)c1n[nH]c2c1CCN(C(=O)c1cccc(Cl)c1Cl)C2C. The summed E-state index contributed by atoms with van der Waals surface area (Å²) in [4.78, 5) is 14.8. The number of H-pyrrole nitrogens is 1. The second-order valence-electron chi connectivity index (χ2n) is 6.08. The van der Waals surface area contributed by atoms with E-state index in [1.54, 1.807) is 29.2 Å². The quantitative estimate of drug-likeness (QED) is 0.761. The van der Waals surface area contributed by atoms with Gasteiger partial charge in [0, 0.05) is 12.1 Å². The van der Waals surface area contributed by atoms with Crippen molar-refractivity contribution in [2.75, 3.05) is 6.54 Å². The molecule has 0 bridgehead atoms. The van der Waals surface area contributed by atoms with Crippen LogP contribution in [0.3, 0.4) is 0 Å². The highest BCUT2D eigenvalue weighted by Gasteiger charge is 2.32. The van der Waals surface area contributed by atoms with Crippen LogP contribution in [0.25, 0.3) is 5.57 Å². The van der Waals surface area contributed by atoms with Crippen molar-refractivity contribution in [3.05, 3.63) is 69.5 Å². The molecule has 1 aliphatic heterocycles. The van der Waals surface area contributed by atoms with E-state index in [4.69, 9.17) is 23.2 Å². The molecule has 1 atom stereocenters. The van der Waals surface area contributed by atoms with Gasteiger partial charge in [0.25, 0.3) is 5.91 Å². The molecule has 0 fully saturated rings. The Hall–Kier alpha value is -2.04. The van der Waals surface area contributed by atoms with Crippen LogP contribution in [0.1, 0.15) is 47.2 Å². The molecule has 0 aliphatic carbocycles. The molecule has 2 heterocycles. The molecule has 6 heteroatoms. The highest BCUT2D eigenvalue weighted by atomic mass is 35.5. The summed E-state index contributed by atoms with van der Waals surface area (Å²) in [5.74, 6) is -0.125. The van der Waals surface area contributed by atoms with E-state index in [0.717, 1.165) is 28.9 Å². The molecule has 0 radical (unpaired) electrons. The molecule has 4 nitrogen and oxygen atoms in total. The third-order valence-corrected chi connectivity index (χ3v) is 5.39. The van der Waals surface area contributed by atoms with E-state index in [0.29, 0.717) is 22.2 Å². The molecule has 25 heavy (non-hydrogen) atoms. The van der Waals surface area contributed by atoms with Crippen LogP contribution >= 0.6 is 23.2 Å². The summed E-state index contributed by atoms with van der Waals surface area (Å²) >= 11 is 12.3. The van der Waals surface area contributed by atoms with Gasteiger partial charge in [-0.25, -0.2) is 0 Å². The van der Waals surface area contributed by atoms with Crippen molar-refractivity contribution in [1.82, 2.24) is 15.1 Å². The first-order chi connectivity index (χ1) is 12.0. The minimum absolute atomic E-state index is 0.121. The number of amides is 1. The van der Waals surface area contributed by atoms with E-state index in [9.17, 15) is 4.79 Å². The zero-order chi connectivity index (χ0) is 18.1. The fourth-order valence-electron chi connectivity index (χ4n) is 3.24. The van der Waals surface area contributed by atoms with E-state index in [1.807, 2.05) is 19.9 Å².